The van der Waals surface area contributed by atoms with Crippen LogP contribution in [0.1, 0.15) is 69.3 Å². The van der Waals surface area contributed by atoms with Gasteiger partial charge in [0.05, 0.1) is 13.7 Å². The Hall–Kier alpha value is -2.93. The lowest BCUT2D eigenvalue weighted by Gasteiger charge is -2.39. The molecule has 3 rings (SSSR count). The lowest BCUT2D eigenvalue weighted by atomic mass is 9.99. The van der Waals surface area contributed by atoms with E-state index in [2.05, 4.69) is 12.0 Å². The van der Waals surface area contributed by atoms with Crippen molar-refractivity contribution in [3.8, 4) is 11.6 Å². The first-order chi connectivity index (χ1) is 19.1. The van der Waals surface area contributed by atoms with Crippen molar-refractivity contribution in [2.45, 2.75) is 96.5 Å². The van der Waals surface area contributed by atoms with Crippen LogP contribution in [0.5, 0.6) is 11.6 Å². The molecular formula is C28H41FN2O9. The van der Waals surface area contributed by atoms with E-state index in [4.69, 9.17) is 23.7 Å². The smallest absolute Gasteiger partial charge is 0.497 e. The van der Waals surface area contributed by atoms with Crippen molar-refractivity contribution in [2.24, 2.45) is 0 Å². The molecule has 1 aromatic heterocycles. The summed E-state index contributed by atoms with van der Waals surface area (Å²) in [4.78, 5) is 12.0. The van der Waals surface area contributed by atoms with Gasteiger partial charge in [0.2, 0.25) is 12.2 Å². The Kier molecular flexibility index (Phi) is 11.6. The number of unbranched alkanes of at least 4 members (excludes halogenated alkanes) is 3. The first-order valence-electron chi connectivity index (χ1n) is 13.6. The normalized spacial score (nSPS) is 22.8. The van der Waals surface area contributed by atoms with Crippen LogP contribution in [0, 0.1) is 12.7 Å². The number of methoxy groups -OCH3 is 1. The molecule has 12 heteroatoms. The molecule has 0 unspecified atom stereocenters. The van der Waals surface area contributed by atoms with Crippen LogP contribution in [-0.4, -0.2) is 82.3 Å². The van der Waals surface area contributed by atoms with E-state index in [1.54, 1.807) is 16.8 Å². The van der Waals surface area contributed by atoms with E-state index in [1.165, 1.54) is 13.2 Å². The van der Waals surface area contributed by atoms with Gasteiger partial charge in [0.25, 0.3) is 0 Å². The quantitative estimate of drug-likeness (QED) is 0.243. The molecule has 0 aliphatic carbocycles. The Morgan fingerprint density at radius 2 is 1.88 bits per heavy atom. The number of aromatic nitrogens is 2. The zero-order valence-electron chi connectivity index (χ0n) is 23.7. The molecule has 1 saturated heterocycles. The molecule has 2 heterocycles. The number of aliphatic hydroxyl groups is 3. The van der Waals surface area contributed by atoms with Crippen molar-refractivity contribution in [1.82, 2.24) is 9.78 Å². The van der Waals surface area contributed by atoms with Crippen LogP contribution in [0.25, 0.3) is 0 Å². The van der Waals surface area contributed by atoms with Crippen LogP contribution < -0.4 is 9.47 Å². The maximum Gasteiger partial charge on any atom is 0.508 e. The van der Waals surface area contributed by atoms with Crippen molar-refractivity contribution < 1.29 is 48.2 Å². The highest BCUT2D eigenvalue weighted by Crippen LogP contribution is 2.31. The third-order valence-corrected chi connectivity index (χ3v) is 6.83. The van der Waals surface area contributed by atoms with Crippen LogP contribution in [0.2, 0.25) is 0 Å². The number of aliphatic hydroxyl groups excluding tert-OH is 3. The van der Waals surface area contributed by atoms with E-state index in [1.807, 2.05) is 20.8 Å². The Morgan fingerprint density at radius 3 is 2.52 bits per heavy atom. The standard InChI is InChI=1S/C28H41FN2O9/c1-6-7-8-9-12-37-28(35)38-15-22-23(32)24(33)25(34)27(39-22)40-26-20(17(4)31(30-26)16(2)3)13-18-10-11-19(36-5)14-21(18)29/h10-11,14,16,22-25,27,32-34H,6-9,12-13,15H2,1-5H3/t22-,23-,24+,25-,27+/m1/s1. The van der Waals surface area contributed by atoms with Gasteiger partial charge >= 0.3 is 6.16 Å². The summed E-state index contributed by atoms with van der Waals surface area (Å²) in [6.07, 6.45) is -4.64. The predicted octanol–water partition coefficient (Wildman–Crippen LogP) is 3.43. The monoisotopic (exact) mass is 568 g/mol. The molecule has 0 amide bonds. The van der Waals surface area contributed by atoms with Crippen molar-refractivity contribution in [2.75, 3.05) is 20.3 Å². The molecule has 1 aliphatic rings. The molecule has 0 bridgehead atoms. The molecule has 11 nitrogen and oxygen atoms in total. The third-order valence-electron chi connectivity index (χ3n) is 6.83. The van der Waals surface area contributed by atoms with Crippen molar-refractivity contribution in [3.63, 3.8) is 0 Å². The summed E-state index contributed by atoms with van der Waals surface area (Å²) in [5.74, 6) is -0.0172. The fourth-order valence-electron chi connectivity index (χ4n) is 4.45. The van der Waals surface area contributed by atoms with Crippen LogP contribution in [0.4, 0.5) is 9.18 Å². The minimum atomic E-state index is -1.66. The number of benzene rings is 1. The highest BCUT2D eigenvalue weighted by atomic mass is 19.1. The zero-order valence-corrected chi connectivity index (χ0v) is 23.7. The second-order valence-corrected chi connectivity index (χ2v) is 10.1. The number of hydrogen-bond acceptors (Lipinski definition) is 10. The molecule has 0 radical (unpaired) electrons. The summed E-state index contributed by atoms with van der Waals surface area (Å²) in [6.45, 7) is 7.49. The van der Waals surface area contributed by atoms with E-state index in [-0.39, 0.29) is 24.9 Å². The molecular weight excluding hydrogens is 527 g/mol. The maximum atomic E-state index is 14.8. The van der Waals surface area contributed by atoms with E-state index in [0.717, 1.165) is 19.3 Å². The number of halogens is 1. The summed E-state index contributed by atoms with van der Waals surface area (Å²) in [6, 6.07) is 4.47. The number of ether oxygens (including phenoxy) is 5. The fourth-order valence-corrected chi connectivity index (χ4v) is 4.45. The first kappa shape index (κ1) is 31.6. The lowest BCUT2D eigenvalue weighted by Crippen LogP contribution is -2.60. The summed E-state index contributed by atoms with van der Waals surface area (Å²) in [5, 5.41) is 36.0. The molecule has 2 aromatic rings. The minimum Gasteiger partial charge on any atom is -0.497 e. The Balaban J connectivity index is 1.74. The Labute approximate surface area is 233 Å². The molecule has 5 atom stereocenters. The van der Waals surface area contributed by atoms with Gasteiger partial charge in [-0.2, -0.15) is 0 Å². The molecule has 224 valence electrons. The molecule has 0 spiro atoms. The van der Waals surface area contributed by atoms with Gasteiger partial charge in [-0.1, -0.05) is 32.3 Å². The molecule has 1 aromatic carbocycles. The lowest BCUT2D eigenvalue weighted by molar-refractivity contribution is -0.278. The number of carbonyl (C=O) groups excluding carboxylic acids is 1. The van der Waals surface area contributed by atoms with Gasteiger partial charge in [0.15, 0.2) is 0 Å². The topological polar surface area (TPSA) is 142 Å². The second kappa shape index (κ2) is 14.6. The van der Waals surface area contributed by atoms with Crippen LogP contribution >= 0.6 is 0 Å². The van der Waals surface area contributed by atoms with E-state index in [9.17, 15) is 24.5 Å². The minimum absolute atomic E-state index is 0.0597. The van der Waals surface area contributed by atoms with Crippen LogP contribution in [-0.2, 0) is 20.6 Å². The molecule has 3 N–H and O–H groups in total. The second-order valence-electron chi connectivity index (χ2n) is 10.1. The summed E-state index contributed by atoms with van der Waals surface area (Å²) in [5.41, 5.74) is 1.64. The van der Waals surface area contributed by atoms with Crippen molar-refractivity contribution >= 4 is 6.16 Å². The number of hydrogen-bond donors (Lipinski definition) is 3. The van der Waals surface area contributed by atoms with E-state index < -0.39 is 49.3 Å². The van der Waals surface area contributed by atoms with Gasteiger partial charge in [-0.05, 0) is 38.8 Å². The first-order valence-corrected chi connectivity index (χ1v) is 13.6. The van der Waals surface area contributed by atoms with E-state index >= 15 is 0 Å². The molecule has 0 saturated carbocycles. The summed E-state index contributed by atoms with van der Waals surface area (Å²) < 4.78 is 43.3. The third kappa shape index (κ3) is 7.84. The predicted molar refractivity (Wildman–Crippen MR) is 142 cm³/mol. The largest absolute Gasteiger partial charge is 0.508 e. The number of nitrogens with zero attached hydrogens (tertiary/aromatic N) is 2. The molecule has 1 aliphatic heterocycles. The maximum absolute atomic E-state index is 14.8. The zero-order chi connectivity index (χ0) is 29.4. The van der Waals surface area contributed by atoms with Crippen molar-refractivity contribution in [1.29, 1.82) is 0 Å². The van der Waals surface area contributed by atoms with Crippen LogP contribution in [0.15, 0.2) is 18.2 Å². The molecule has 1 fully saturated rings. The van der Waals surface area contributed by atoms with Crippen molar-refractivity contribution in [3.05, 3.63) is 40.8 Å². The van der Waals surface area contributed by atoms with Gasteiger partial charge in [-0.15, -0.1) is 5.10 Å². The average molecular weight is 569 g/mol. The highest BCUT2D eigenvalue weighted by Gasteiger charge is 2.46. The van der Waals surface area contributed by atoms with Gasteiger partial charge in [-0.25, -0.2) is 9.18 Å². The van der Waals surface area contributed by atoms with Gasteiger partial charge in [-0.3, -0.25) is 4.68 Å². The fraction of sp³-hybridized carbons (Fsp3) is 0.643. The van der Waals surface area contributed by atoms with Gasteiger partial charge < -0.3 is 39.0 Å². The van der Waals surface area contributed by atoms with Gasteiger partial charge in [0, 0.05) is 29.8 Å². The van der Waals surface area contributed by atoms with Crippen LogP contribution in [0.3, 0.4) is 0 Å². The summed E-state index contributed by atoms with van der Waals surface area (Å²) >= 11 is 0. The number of carbonyl (C=O) groups is 1. The average Bonchev–Trinajstić information content (AvgIpc) is 3.23. The van der Waals surface area contributed by atoms with E-state index in [0.29, 0.717) is 29.0 Å². The summed E-state index contributed by atoms with van der Waals surface area (Å²) in [7, 11) is 1.45. The van der Waals surface area contributed by atoms with Gasteiger partial charge in [0.1, 0.15) is 42.6 Å². The highest BCUT2D eigenvalue weighted by molar-refractivity contribution is 5.59. The Bertz CT molecular complexity index is 1110. The SMILES string of the molecule is CCCCCCOC(=O)OC[C@H]1O[C@@H](Oc2nn(C(C)C)c(C)c2Cc2ccc(OC)cc2F)[C@H](O)[C@@H](O)[C@@H]1O. The molecule has 40 heavy (non-hydrogen) atoms. The Morgan fingerprint density at radius 1 is 1.12 bits per heavy atom. The number of rotatable bonds is 13.